The number of nitrogens with zero attached hydrogens (tertiary/aromatic N) is 2. The van der Waals surface area contributed by atoms with Crippen molar-refractivity contribution < 1.29 is 9.53 Å². The highest BCUT2D eigenvalue weighted by Gasteiger charge is 2.12. The van der Waals surface area contributed by atoms with Crippen LogP contribution in [0.5, 0.6) is 5.75 Å². The first-order valence-electron chi connectivity index (χ1n) is 11.3. The Morgan fingerprint density at radius 2 is 1.91 bits per heavy atom. The Morgan fingerprint density at radius 1 is 1.09 bits per heavy atom. The maximum Gasteiger partial charge on any atom is 0.251 e. The summed E-state index contributed by atoms with van der Waals surface area (Å²) in [5.41, 5.74) is 4.89. The summed E-state index contributed by atoms with van der Waals surface area (Å²) in [5, 5.41) is 3.02. The molecular formula is C28H29N3O2. The normalized spacial score (nSPS) is 10.8. The molecule has 0 aliphatic heterocycles. The summed E-state index contributed by atoms with van der Waals surface area (Å²) in [6, 6.07) is 23.8. The Kier molecular flexibility index (Phi) is 7.20. The van der Waals surface area contributed by atoms with Crippen molar-refractivity contribution in [2.75, 3.05) is 13.2 Å². The van der Waals surface area contributed by atoms with Crippen LogP contribution >= 0.6 is 0 Å². The van der Waals surface area contributed by atoms with E-state index in [2.05, 4.69) is 28.6 Å². The number of benzene rings is 3. The highest BCUT2D eigenvalue weighted by Crippen LogP contribution is 2.20. The quantitative estimate of drug-likeness (QED) is 0.349. The molecule has 1 aromatic heterocycles. The van der Waals surface area contributed by atoms with Gasteiger partial charge in [-0.05, 0) is 49.2 Å². The summed E-state index contributed by atoms with van der Waals surface area (Å²) in [5.74, 6) is 1.75. The fraction of sp³-hybridized carbons (Fsp3) is 0.214. The zero-order valence-electron chi connectivity index (χ0n) is 19.0. The minimum absolute atomic E-state index is 0.0662. The van der Waals surface area contributed by atoms with E-state index in [0.29, 0.717) is 31.7 Å². The molecule has 1 N–H and O–H groups in total. The van der Waals surface area contributed by atoms with E-state index in [0.717, 1.165) is 40.2 Å². The second kappa shape index (κ2) is 10.6. The molecule has 0 spiro atoms. The van der Waals surface area contributed by atoms with E-state index >= 15 is 0 Å². The largest absolute Gasteiger partial charge is 0.491 e. The van der Waals surface area contributed by atoms with Gasteiger partial charge in [-0.25, -0.2) is 4.98 Å². The number of para-hydroxylation sites is 3. The molecule has 3 aromatic carbocycles. The summed E-state index contributed by atoms with van der Waals surface area (Å²) < 4.78 is 8.30. The lowest BCUT2D eigenvalue weighted by molar-refractivity contribution is 0.0953. The van der Waals surface area contributed by atoms with E-state index in [4.69, 9.17) is 9.72 Å². The van der Waals surface area contributed by atoms with E-state index in [1.807, 2.05) is 73.7 Å². The van der Waals surface area contributed by atoms with Crippen molar-refractivity contribution >= 4 is 16.9 Å². The lowest BCUT2D eigenvalue weighted by Crippen LogP contribution is -2.26. The molecule has 0 aliphatic rings. The van der Waals surface area contributed by atoms with Crippen molar-refractivity contribution in [2.45, 2.75) is 26.3 Å². The number of carbonyl (C=O) groups excluding carboxylic acids is 1. The highest BCUT2D eigenvalue weighted by atomic mass is 16.5. The summed E-state index contributed by atoms with van der Waals surface area (Å²) in [6.07, 6.45) is 3.30. The number of fused-ring (bicyclic) bond motifs is 1. The van der Waals surface area contributed by atoms with E-state index < -0.39 is 0 Å². The smallest absolute Gasteiger partial charge is 0.251 e. The second-order valence-corrected chi connectivity index (χ2v) is 7.99. The molecule has 0 atom stereocenters. The second-order valence-electron chi connectivity index (χ2n) is 7.99. The predicted molar refractivity (Wildman–Crippen MR) is 133 cm³/mol. The molecule has 0 saturated heterocycles. The molecule has 0 radical (unpaired) electrons. The number of allylic oxidation sites excluding steroid dienone is 1. The minimum atomic E-state index is -0.0662. The van der Waals surface area contributed by atoms with Gasteiger partial charge < -0.3 is 14.6 Å². The third kappa shape index (κ3) is 5.50. The molecular weight excluding hydrogens is 410 g/mol. The van der Waals surface area contributed by atoms with E-state index in [1.165, 1.54) is 0 Å². The molecule has 168 valence electrons. The van der Waals surface area contributed by atoms with Crippen LogP contribution in [0.25, 0.3) is 11.0 Å². The van der Waals surface area contributed by atoms with Gasteiger partial charge in [0.1, 0.15) is 18.2 Å². The molecule has 33 heavy (non-hydrogen) atoms. The molecule has 0 fully saturated rings. The SMILES string of the molecule is C=CCc1ccccc1OCCn1c(CCNC(=O)c2cccc(C)c2)nc2ccccc21. The number of aryl methyl sites for hydroxylation is 1. The van der Waals surface area contributed by atoms with Gasteiger partial charge in [0.2, 0.25) is 0 Å². The standard InChI is InChI=1S/C28H29N3O2/c1-3-9-22-11-4-7-15-26(22)33-19-18-31-25-14-6-5-13-24(25)30-27(31)16-17-29-28(32)23-12-8-10-21(2)20-23/h3-8,10-15,20H,1,9,16-19H2,2H3,(H,29,32). The van der Waals surface area contributed by atoms with Gasteiger partial charge in [-0.2, -0.15) is 0 Å². The fourth-order valence-electron chi connectivity index (χ4n) is 3.96. The highest BCUT2D eigenvalue weighted by molar-refractivity contribution is 5.94. The third-order valence-electron chi connectivity index (χ3n) is 5.56. The Labute approximate surface area is 194 Å². The van der Waals surface area contributed by atoms with Gasteiger partial charge >= 0.3 is 0 Å². The van der Waals surface area contributed by atoms with Crippen molar-refractivity contribution in [3.05, 3.63) is 108 Å². The Morgan fingerprint density at radius 3 is 2.76 bits per heavy atom. The van der Waals surface area contributed by atoms with Crippen molar-refractivity contribution in [3.8, 4) is 5.75 Å². The van der Waals surface area contributed by atoms with E-state index in [9.17, 15) is 4.79 Å². The van der Waals surface area contributed by atoms with Crippen LogP contribution in [0.3, 0.4) is 0 Å². The first kappa shape index (κ1) is 22.3. The van der Waals surface area contributed by atoms with Crippen molar-refractivity contribution in [3.63, 3.8) is 0 Å². The number of carbonyl (C=O) groups is 1. The van der Waals surface area contributed by atoms with Gasteiger partial charge in [0.15, 0.2) is 0 Å². The first-order valence-corrected chi connectivity index (χ1v) is 11.3. The van der Waals surface area contributed by atoms with E-state index in [-0.39, 0.29) is 5.91 Å². The number of hydrogen-bond acceptors (Lipinski definition) is 3. The summed E-state index contributed by atoms with van der Waals surface area (Å²) in [7, 11) is 0. The number of imidazole rings is 1. The molecule has 5 heteroatoms. The molecule has 4 rings (SSSR count). The number of amides is 1. The average Bonchev–Trinajstić information content (AvgIpc) is 3.17. The van der Waals surface area contributed by atoms with Gasteiger partial charge in [0.05, 0.1) is 17.6 Å². The zero-order valence-corrected chi connectivity index (χ0v) is 19.0. The molecule has 1 heterocycles. The fourth-order valence-corrected chi connectivity index (χ4v) is 3.96. The van der Waals surface area contributed by atoms with Crippen LogP contribution in [0.2, 0.25) is 0 Å². The van der Waals surface area contributed by atoms with Crippen LogP contribution in [-0.2, 0) is 19.4 Å². The first-order chi connectivity index (χ1) is 16.2. The zero-order chi connectivity index (χ0) is 23.0. The summed E-state index contributed by atoms with van der Waals surface area (Å²) in [6.45, 7) is 7.52. The molecule has 1 amide bonds. The van der Waals surface area contributed by atoms with Crippen LogP contribution in [0.1, 0.15) is 27.3 Å². The minimum Gasteiger partial charge on any atom is -0.491 e. The number of nitrogens with one attached hydrogen (secondary N) is 1. The summed E-state index contributed by atoms with van der Waals surface area (Å²) in [4.78, 5) is 17.3. The van der Waals surface area contributed by atoms with Crippen LogP contribution in [0.15, 0.2) is 85.5 Å². The maximum atomic E-state index is 12.5. The van der Waals surface area contributed by atoms with Crippen LogP contribution in [0, 0.1) is 6.92 Å². The number of ether oxygens (including phenoxy) is 1. The Bertz CT molecular complexity index is 1260. The van der Waals surface area contributed by atoms with Gasteiger partial charge in [-0.1, -0.05) is 54.1 Å². The average molecular weight is 440 g/mol. The number of aromatic nitrogens is 2. The Balaban J connectivity index is 1.43. The van der Waals surface area contributed by atoms with Gasteiger partial charge in [-0.15, -0.1) is 6.58 Å². The Hall–Kier alpha value is -3.86. The monoisotopic (exact) mass is 439 g/mol. The molecule has 0 saturated carbocycles. The van der Waals surface area contributed by atoms with Crippen molar-refractivity contribution in [1.29, 1.82) is 0 Å². The molecule has 0 aliphatic carbocycles. The lowest BCUT2D eigenvalue weighted by Gasteiger charge is -2.13. The maximum absolute atomic E-state index is 12.5. The topological polar surface area (TPSA) is 56.1 Å². The molecule has 5 nitrogen and oxygen atoms in total. The van der Waals surface area contributed by atoms with Gasteiger partial charge in [0.25, 0.3) is 5.91 Å². The van der Waals surface area contributed by atoms with E-state index in [1.54, 1.807) is 0 Å². The van der Waals surface area contributed by atoms with Crippen LogP contribution in [-0.4, -0.2) is 28.6 Å². The van der Waals surface area contributed by atoms with Crippen molar-refractivity contribution in [1.82, 2.24) is 14.9 Å². The van der Waals surface area contributed by atoms with Gasteiger partial charge in [0, 0.05) is 18.5 Å². The van der Waals surface area contributed by atoms with Crippen LogP contribution < -0.4 is 10.1 Å². The summed E-state index contributed by atoms with van der Waals surface area (Å²) >= 11 is 0. The molecule has 0 unspecified atom stereocenters. The van der Waals surface area contributed by atoms with Gasteiger partial charge in [-0.3, -0.25) is 4.79 Å². The molecule has 0 bridgehead atoms. The van der Waals surface area contributed by atoms with Crippen molar-refractivity contribution in [2.24, 2.45) is 0 Å². The third-order valence-corrected chi connectivity index (χ3v) is 5.56. The number of rotatable bonds is 10. The predicted octanol–water partition coefficient (Wildman–Crippen LogP) is 5.12. The lowest BCUT2D eigenvalue weighted by atomic mass is 10.1. The van der Waals surface area contributed by atoms with Crippen LogP contribution in [0.4, 0.5) is 0 Å². The molecule has 4 aromatic rings. The number of hydrogen-bond donors (Lipinski definition) is 1.